The highest BCUT2D eigenvalue weighted by Crippen LogP contribution is 2.24. The van der Waals surface area contributed by atoms with Crippen LogP contribution in [0.4, 0.5) is 11.4 Å². The number of rotatable bonds is 4. The number of ether oxygens (including phenoxy) is 1. The molecule has 0 saturated heterocycles. The molecule has 0 heterocycles. The second-order valence-corrected chi connectivity index (χ2v) is 5.50. The molecule has 0 aliphatic rings. The molecule has 0 radical (unpaired) electrons. The van der Waals surface area contributed by atoms with Crippen molar-refractivity contribution in [3.8, 4) is 5.75 Å². The lowest BCUT2D eigenvalue weighted by Gasteiger charge is -2.11. The first-order chi connectivity index (χ1) is 10.0. The van der Waals surface area contributed by atoms with Crippen LogP contribution in [0.3, 0.4) is 0 Å². The van der Waals surface area contributed by atoms with Gasteiger partial charge in [0.15, 0.2) is 0 Å². The van der Waals surface area contributed by atoms with Gasteiger partial charge in [0.05, 0.1) is 6.61 Å². The van der Waals surface area contributed by atoms with Crippen molar-refractivity contribution in [2.45, 2.75) is 13.8 Å². The summed E-state index contributed by atoms with van der Waals surface area (Å²) >= 11 is 3.35. The lowest BCUT2D eigenvalue weighted by molar-refractivity contribution is 0.102. The Morgan fingerprint density at radius 1 is 1.33 bits per heavy atom. The number of anilines is 2. The number of halogens is 1. The highest BCUT2D eigenvalue weighted by atomic mass is 79.9. The third-order valence-electron chi connectivity index (χ3n) is 3.06. The smallest absolute Gasteiger partial charge is 0.256 e. The van der Waals surface area contributed by atoms with Crippen LogP contribution in [-0.2, 0) is 0 Å². The molecule has 2 rings (SSSR count). The van der Waals surface area contributed by atoms with Crippen molar-refractivity contribution in [1.82, 2.24) is 0 Å². The molecule has 4 nitrogen and oxygen atoms in total. The fraction of sp³-hybridized carbons (Fsp3) is 0.188. The van der Waals surface area contributed by atoms with E-state index in [0.717, 1.165) is 15.8 Å². The third-order valence-corrected chi connectivity index (χ3v) is 3.52. The third kappa shape index (κ3) is 3.76. The number of nitrogens with one attached hydrogen (secondary N) is 1. The first kappa shape index (κ1) is 15.4. The van der Waals surface area contributed by atoms with Crippen molar-refractivity contribution in [3.63, 3.8) is 0 Å². The van der Waals surface area contributed by atoms with Gasteiger partial charge in [-0.2, -0.15) is 0 Å². The predicted octanol–water partition coefficient (Wildman–Crippen LogP) is 3.99. The van der Waals surface area contributed by atoms with Gasteiger partial charge in [-0.3, -0.25) is 4.79 Å². The van der Waals surface area contributed by atoms with Gasteiger partial charge in [-0.05, 0) is 43.7 Å². The molecule has 0 aromatic heterocycles. The zero-order valence-corrected chi connectivity index (χ0v) is 13.5. The van der Waals surface area contributed by atoms with Gasteiger partial charge in [-0.25, -0.2) is 0 Å². The van der Waals surface area contributed by atoms with Gasteiger partial charge in [0.25, 0.3) is 5.91 Å². The van der Waals surface area contributed by atoms with E-state index >= 15 is 0 Å². The van der Waals surface area contributed by atoms with Gasteiger partial charge in [-0.15, -0.1) is 0 Å². The highest BCUT2D eigenvalue weighted by molar-refractivity contribution is 9.10. The largest absolute Gasteiger partial charge is 0.494 e. The van der Waals surface area contributed by atoms with E-state index in [1.165, 1.54) is 0 Å². The average Bonchev–Trinajstić information content (AvgIpc) is 2.43. The van der Waals surface area contributed by atoms with Crippen molar-refractivity contribution in [2.24, 2.45) is 0 Å². The molecule has 21 heavy (non-hydrogen) atoms. The minimum Gasteiger partial charge on any atom is -0.494 e. The zero-order chi connectivity index (χ0) is 15.4. The lowest BCUT2D eigenvalue weighted by Crippen LogP contribution is -2.14. The number of hydrogen-bond donors (Lipinski definition) is 2. The van der Waals surface area contributed by atoms with E-state index in [1.807, 2.05) is 32.0 Å². The van der Waals surface area contributed by atoms with Crippen molar-refractivity contribution in [2.75, 3.05) is 17.7 Å². The Balaban J connectivity index is 2.24. The molecule has 0 saturated carbocycles. The van der Waals surface area contributed by atoms with Gasteiger partial charge in [-0.1, -0.05) is 22.0 Å². The number of hydrogen-bond acceptors (Lipinski definition) is 3. The van der Waals surface area contributed by atoms with Crippen LogP contribution in [0.1, 0.15) is 22.8 Å². The molecule has 0 aliphatic heterocycles. The fourth-order valence-electron chi connectivity index (χ4n) is 1.96. The maximum atomic E-state index is 12.4. The van der Waals surface area contributed by atoms with Gasteiger partial charge >= 0.3 is 0 Å². The molecule has 5 heteroatoms. The van der Waals surface area contributed by atoms with Crippen molar-refractivity contribution in [1.29, 1.82) is 0 Å². The van der Waals surface area contributed by atoms with Crippen LogP contribution in [0.5, 0.6) is 5.75 Å². The Morgan fingerprint density at radius 2 is 2.10 bits per heavy atom. The van der Waals surface area contributed by atoms with E-state index in [4.69, 9.17) is 10.5 Å². The molecule has 2 aromatic rings. The van der Waals surface area contributed by atoms with Gasteiger partial charge in [0.2, 0.25) is 0 Å². The predicted molar refractivity (Wildman–Crippen MR) is 88.9 cm³/mol. The second kappa shape index (κ2) is 6.63. The number of nitrogen functional groups attached to an aromatic ring is 1. The van der Waals surface area contributed by atoms with Crippen molar-refractivity contribution < 1.29 is 9.53 Å². The van der Waals surface area contributed by atoms with Gasteiger partial charge in [0.1, 0.15) is 5.75 Å². The van der Waals surface area contributed by atoms with Crippen LogP contribution in [-0.4, -0.2) is 12.5 Å². The topological polar surface area (TPSA) is 64.3 Å². The zero-order valence-electron chi connectivity index (χ0n) is 11.9. The Kier molecular flexibility index (Phi) is 4.85. The minimum atomic E-state index is -0.200. The summed E-state index contributed by atoms with van der Waals surface area (Å²) in [5.41, 5.74) is 8.46. The highest BCUT2D eigenvalue weighted by Gasteiger charge is 2.12. The summed E-state index contributed by atoms with van der Waals surface area (Å²) in [6.45, 7) is 4.32. The van der Waals surface area contributed by atoms with Crippen LogP contribution >= 0.6 is 15.9 Å². The Hall–Kier alpha value is -2.01. The molecule has 0 fully saturated rings. The maximum absolute atomic E-state index is 12.4. The summed E-state index contributed by atoms with van der Waals surface area (Å²) in [6, 6.07) is 10.8. The van der Waals surface area contributed by atoms with E-state index < -0.39 is 0 Å². The number of amides is 1. The quantitative estimate of drug-likeness (QED) is 0.821. The number of carbonyl (C=O) groups excluding carboxylic acids is 1. The normalized spacial score (nSPS) is 10.2. The molecule has 0 spiro atoms. The second-order valence-electron chi connectivity index (χ2n) is 4.58. The summed E-state index contributed by atoms with van der Waals surface area (Å²) in [6.07, 6.45) is 0. The van der Waals surface area contributed by atoms with E-state index in [9.17, 15) is 4.79 Å². The van der Waals surface area contributed by atoms with Gasteiger partial charge in [0, 0.05) is 27.5 Å². The first-order valence-corrected chi connectivity index (χ1v) is 7.40. The first-order valence-electron chi connectivity index (χ1n) is 6.61. The van der Waals surface area contributed by atoms with Crippen LogP contribution in [0.2, 0.25) is 0 Å². The summed E-state index contributed by atoms with van der Waals surface area (Å²) in [5, 5.41) is 2.86. The molecule has 0 bridgehead atoms. The van der Waals surface area contributed by atoms with Crippen LogP contribution in [0.25, 0.3) is 0 Å². The number of carbonyl (C=O) groups is 1. The summed E-state index contributed by atoms with van der Waals surface area (Å²) in [7, 11) is 0. The van der Waals surface area contributed by atoms with Crippen LogP contribution < -0.4 is 15.8 Å². The fourth-order valence-corrected chi connectivity index (χ4v) is 2.44. The summed E-state index contributed by atoms with van der Waals surface area (Å²) < 4.78 is 6.19. The number of benzene rings is 2. The van der Waals surface area contributed by atoms with Gasteiger partial charge < -0.3 is 15.8 Å². The molecule has 3 N–H and O–H groups in total. The molecule has 2 aromatic carbocycles. The maximum Gasteiger partial charge on any atom is 0.256 e. The molecule has 0 atom stereocenters. The van der Waals surface area contributed by atoms with Crippen molar-refractivity contribution >= 4 is 33.2 Å². The van der Waals surface area contributed by atoms with E-state index in [1.54, 1.807) is 18.2 Å². The molecule has 0 aliphatic carbocycles. The molecular formula is C16H17BrN2O2. The minimum absolute atomic E-state index is 0.200. The SMILES string of the molecule is CCOc1cccc(NC(=O)c2cc(Br)cc(N)c2C)c1. The van der Waals surface area contributed by atoms with Crippen molar-refractivity contribution in [3.05, 3.63) is 52.0 Å². The lowest BCUT2D eigenvalue weighted by atomic mass is 10.1. The monoisotopic (exact) mass is 348 g/mol. The number of nitrogens with two attached hydrogens (primary N) is 1. The van der Waals surface area contributed by atoms with E-state index in [-0.39, 0.29) is 5.91 Å². The van der Waals surface area contributed by atoms with Crippen LogP contribution in [0.15, 0.2) is 40.9 Å². The Bertz CT molecular complexity index is 671. The Morgan fingerprint density at radius 3 is 2.81 bits per heavy atom. The van der Waals surface area contributed by atoms with E-state index in [2.05, 4.69) is 21.2 Å². The summed E-state index contributed by atoms with van der Waals surface area (Å²) in [5.74, 6) is 0.523. The van der Waals surface area contributed by atoms with Crippen LogP contribution in [0, 0.1) is 6.92 Å². The van der Waals surface area contributed by atoms with E-state index in [0.29, 0.717) is 23.5 Å². The molecule has 1 amide bonds. The average molecular weight is 349 g/mol. The standard InChI is InChI=1S/C16H17BrN2O2/c1-3-21-13-6-4-5-12(9-13)19-16(20)14-7-11(17)8-15(18)10(14)2/h4-9H,3,18H2,1-2H3,(H,19,20). The molecular weight excluding hydrogens is 332 g/mol. The summed E-state index contributed by atoms with van der Waals surface area (Å²) in [4.78, 5) is 12.4. The molecule has 0 unspecified atom stereocenters. The molecule has 110 valence electrons. The Labute approximate surface area is 132 Å².